The highest BCUT2D eigenvalue weighted by atomic mass is 14.9. The van der Waals surface area contributed by atoms with Gasteiger partial charge in [-0.25, -0.2) is 9.97 Å². The standard InChI is InChI=1S/C15H21N3/c16-8-13-1-2-17-15(18-13)14-11-4-9-3-10(6-11)7-12(14)5-9/h1-2,9-12,14H,3-8,16H2. The van der Waals surface area contributed by atoms with Crippen LogP contribution in [-0.4, -0.2) is 9.97 Å². The Balaban J connectivity index is 1.68. The van der Waals surface area contributed by atoms with E-state index < -0.39 is 0 Å². The van der Waals surface area contributed by atoms with Crippen molar-refractivity contribution in [1.29, 1.82) is 0 Å². The summed E-state index contributed by atoms with van der Waals surface area (Å²) in [5, 5.41) is 0. The van der Waals surface area contributed by atoms with Gasteiger partial charge in [-0.3, -0.25) is 0 Å². The predicted molar refractivity (Wildman–Crippen MR) is 69.7 cm³/mol. The maximum absolute atomic E-state index is 5.70. The molecule has 96 valence electrons. The lowest BCUT2D eigenvalue weighted by Gasteiger charge is -2.53. The quantitative estimate of drug-likeness (QED) is 0.868. The number of nitrogens with two attached hydrogens (primary N) is 1. The molecule has 3 heteroatoms. The Kier molecular flexibility index (Phi) is 2.44. The van der Waals surface area contributed by atoms with Gasteiger partial charge in [0.2, 0.25) is 0 Å². The minimum absolute atomic E-state index is 0.531. The van der Waals surface area contributed by atoms with Crippen LogP contribution < -0.4 is 5.73 Å². The van der Waals surface area contributed by atoms with Crippen molar-refractivity contribution in [2.24, 2.45) is 29.4 Å². The summed E-state index contributed by atoms with van der Waals surface area (Å²) >= 11 is 0. The van der Waals surface area contributed by atoms with Crippen molar-refractivity contribution in [2.45, 2.75) is 44.6 Å². The fourth-order valence-electron chi connectivity index (χ4n) is 5.03. The lowest BCUT2D eigenvalue weighted by molar-refractivity contribution is -0.00572. The molecule has 4 bridgehead atoms. The molecule has 0 spiro atoms. The highest BCUT2D eigenvalue weighted by molar-refractivity contribution is 5.13. The summed E-state index contributed by atoms with van der Waals surface area (Å²) < 4.78 is 0. The zero-order chi connectivity index (χ0) is 12.1. The van der Waals surface area contributed by atoms with Gasteiger partial charge >= 0.3 is 0 Å². The molecule has 3 nitrogen and oxygen atoms in total. The largest absolute Gasteiger partial charge is 0.325 e. The minimum atomic E-state index is 0.531. The molecule has 2 N–H and O–H groups in total. The molecule has 0 saturated heterocycles. The Hall–Kier alpha value is -0.960. The first-order valence-electron chi connectivity index (χ1n) is 7.35. The van der Waals surface area contributed by atoms with E-state index in [9.17, 15) is 0 Å². The van der Waals surface area contributed by atoms with Crippen molar-refractivity contribution in [2.75, 3.05) is 0 Å². The molecule has 1 aromatic rings. The van der Waals surface area contributed by atoms with Crippen molar-refractivity contribution in [1.82, 2.24) is 9.97 Å². The molecule has 0 aromatic carbocycles. The molecule has 4 fully saturated rings. The molecule has 5 rings (SSSR count). The third-order valence-corrected chi connectivity index (χ3v) is 5.47. The van der Waals surface area contributed by atoms with Crippen LogP contribution in [0.5, 0.6) is 0 Å². The third kappa shape index (κ3) is 1.60. The second kappa shape index (κ2) is 4.02. The van der Waals surface area contributed by atoms with E-state index in [4.69, 9.17) is 10.7 Å². The first-order valence-corrected chi connectivity index (χ1v) is 7.35. The second-order valence-electron chi connectivity index (χ2n) is 6.57. The zero-order valence-electron chi connectivity index (χ0n) is 10.8. The van der Waals surface area contributed by atoms with Gasteiger partial charge in [-0.15, -0.1) is 0 Å². The van der Waals surface area contributed by atoms with Crippen molar-refractivity contribution in [3.8, 4) is 0 Å². The molecule has 0 unspecified atom stereocenters. The summed E-state index contributed by atoms with van der Waals surface area (Å²) in [5.74, 6) is 5.46. The van der Waals surface area contributed by atoms with Crippen LogP contribution in [0.2, 0.25) is 0 Å². The molecule has 0 amide bonds. The summed E-state index contributed by atoms with van der Waals surface area (Å²) in [6.45, 7) is 0.531. The smallest absolute Gasteiger partial charge is 0.132 e. The molecular formula is C15H21N3. The van der Waals surface area contributed by atoms with Gasteiger partial charge in [-0.2, -0.15) is 0 Å². The maximum atomic E-state index is 5.70. The van der Waals surface area contributed by atoms with Crippen molar-refractivity contribution in [3.63, 3.8) is 0 Å². The van der Waals surface area contributed by atoms with Crippen LogP contribution in [0.1, 0.15) is 49.5 Å². The Morgan fingerprint density at radius 3 is 2.33 bits per heavy atom. The number of aromatic nitrogens is 2. The van der Waals surface area contributed by atoms with Crippen LogP contribution in [0.25, 0.3) is 0 Å². The van der Waals surface area contributed by atoms with Gasteiger partial charge in [0.1, 0.15) is 5.82 Å². The third-order valence-electron chi connectivity index (χ3n) is 5.47. The van der Waals surface area contributed by atoms with E-state index in [0.717, 1.165) is 35.2 Å². The highest BCUT2D eigenvalue weighted by Crippen LogP contribution is 2.59. The molecule has 18 heavy (non-hydrogen) atoms. The van der Waals surface area contributed by atoms with Crippen LogP contribution in [0.4, 0.5) is 0 Å². The average molecular weight is 243 g/mol. The fraction of sp³-hybridized carbons (Fsp3) is 0.733. The summed E-state index contributed by atoms with van der Waals surface area (Å²) in [4.78, 5) is 9.27. The maximum Gasteiger partial charge on any atom is 0.132 e. The van der Waals surface area contributed by atoms with Crippen LogP contribution in [-0.2, 0) is 6.54 Å². The molecular weight excluding hydrogens is 222 g/mol. The Bertz CT molecular complexity index is 429. The van der Waals surface area contributed by atoms with Crippen molar-refractivity contribution >= 4 is 0 Å². The normalized spacial score (nSPS) is 41.3. The van der Waals surface area contributed by atoms with Gasteiger partial charge in [-0.05, 0) is 61.8 Å². The molecule has 1 heterocycles. The first-order chi connectivity index (χ1) is 8.83. The first kappa shape index (κ1) is 10.9. The molecule has 0 aliphatic heterocycles. The average Bonchev–Trinajstić information content (AvgIpc) is 2.38. The topological polar surface area (TPSA) is 51.8 Å². The van der Waals surface area contributed by atoms with Gasteiger partial charge in [0.25, 0.3) is 0 Å². The van der Waals surface area contributed by atoms with Crippen LogP contribution in [0.3, 0.4) is 0 Å². The molecule has 0 atom stereocenters. The van der Waals surface area contributed by atoms with Gasteiger partial charge in [0, 0.05) is 18.7 Å². The van der Waals surface area contributed by atoms with E-state index in [-0.39, 0.29) is 0 Å². The lowest BCUT2D eigenvalue weighted by atomic mass is 9.51. The molecule has 4 aliphatic carbocycles. The zero-order valence-corrected chi connectivity index (χ0v) is 10.8. The summed E-state index contributed by atoms with van der Waals surface area (Å²) in [5.41, 5.74) is 6.70. The van der Waals surface area contributed by atoms with Gasteiger partial charge < -0.3 is 5.73 Å². The summed E-state index contributed by atoms with van der Waals surface area (Å²) in [7, 11) is 0. The molecule has 4 aliphatic rings. The monoisotopic (exact) mass is 243 g/mol. The highest BCUT2D eigenvalue weighted by Gasteiger charge is 2.49. The molecule has 1 aromatic heterocycles. The Labute approximate surface area is 108 Å². The summed E-state index contributed by atoms with van der Waals surface area (Å²) in [6.07, 6.45) is 9.10. The van der Waals surface area contributed by atoms with E-state index in [2.05, 4.69) is 4.98 Å². The Morgan fingerprint density at radius 1 is 1.06 bits per heavy atom. The van der Waals surface area contributed by atoms with E-state index in [1.165, 1.54) is 32.1 Å². The number of hydrogen-bond acceptors (Lipinski definition) is 3. The van der Waals surface area contributed by atoms with Crippen LogP contribution in [0.15, 0.2) is 12.3 Å². The minimum Gasteiger partial charge on any atom is -0.325 e. The van der Waals surface area contributed by atoms with E-state index in [0.29, 0.717) is 12.5 Å². The SMILES string of the molecule is NCc1ccnc(C2C3CC4CC(C3)CC2C4)n1. The van der Waals surface area contributed by atoms with E-state index in [1.54, 1.807) is 0 Å². The van der Waals surface area contributed by atoms with Gasteiger partial charge in [0.05, 0.1) is 5.69 Å². The van der Waals surface area contributed by atoms with Crippen molar-refractivity contribution in [3.05, 3.63) is 23.8 Å². The van der Waals surface area contributed by atoms with Crippen molar-refractivity contribution < 1.29 is 0 Å². The number of hydrogen-bond donors (Lipinski definition) is 1. The van der Waals surface area contributed by atoms with Gasteiger partial charge in [0.15, 0.2) is 0 Å². The molecule has 0 radical (unpaired) electrons. The summed E-state index contributed by atoms with van der Waals surface area (Å²) in [6, 6.07) is 1.94. The van der Waals surface area contributed by atoms with E-state index in [1.807, 2.05) is 12.3 Å². The number of rotatable bonds is 2. The lowest BCUT2D eigenvalue weighted by Crippen LogP contribution is -2.44. The van der Waals surface area contributed by atoms with E-state index >= 15 is 0 Å². The fourth-order valence-corrected chi connectivity index (χ4v) is 5.03. The van der Waals surface area contributed by atoms with Crippen LogP contribution >= 0.6 is 0 Å². The number of nitrogens with zero attached hydrogens (tertiary/aromatic N) is 2. The molecule has 4 saturated carbocycles. The van der Waals surface area contributed by atoms with Crippen LogP contribution in [0, 0.1) is 23.7 Å². The Morgan fingerprint density at radius 2 is 1.72 bits per heavy atom. The van der Waals surface area contributed by atoms with Gasteiger partial charge in [-0.1, -0.05) is 0 Å². The second-order valence-corrected chi connectivity index (χ2v) is 6.57. The predicted octanol–water partition coefficient (Wildman–Crippen LogP) is 2.48.